The minimum Gasteiger partial charge on any atom is -0.338 e. The highest BCUT2D eigenvalue weighted by Gasteiger charge is 2.15. The van der Waals surface area contributed by atoms with Crippen LogP contribution < -0.4 is 10.6 Å². The van der Waals surface area contributed by atoms with Gasteiger partial charge in [-0.25, -0.2) is 4.79 Å². The number of Topliss-reactive ketones (excluding diaryl/α,β-unsaturated/α-hetero) is 1. The molecule has 0 aliphatic heterocycles. The number of amides is 2. The Morgan fingerprint density at radius 1 is 1.25 bits per heavy atom. The molecule has 2 rings (SSSR count). The minimum absolute atomic E-state index is 0.0692. The van der Waals surface area contributed by atoms with E-state index < -0.39 is 0 Å². The fourth-order valence-electron chi connectivity index (χ4n) is 2.48. The first kappa shape index (κ1) is 15.0. The molecule has 1 aliphatic carbocycles. The summed E-state index contributed by atoms with van der Waals surface area (Å²) in [5, 5.41) is 5.92. The van der Waals surface area contributed by atoms with Crippen LogP contribution in [0.25, 0.3) is 0 Å². The van der Waals surface area contributed by atoms with Crippen molar-refractivity contribution in [2.24, 2.45) is 0 Å². The number of thiophene rings is 1. The Hall–Kier alpha value is -1.36. The van der Waals surface area contributed by atoms with E-state index in [2.05, 4.69) is 10.6 Å². The fourth-order valence-corrected chi connectivity index (χ4v) is 3.39. The van der Waals surface area contributed by atoms with Crippen LogP contribution in [0.5, 0.6) is 0 Å². The summed E-state index contributed by atoms with van der Waals surface area (Å²) in [5.74, 6) is 0.101. The number of carbonyl (C=O) groups excluding carboxylic acids is 2. The highest BCUT2D eigenvalue weighted by Crippen LogP contribution is 2.18. The number of rotatable bonds is 5. The van der Waals surface area contributed by atoms with Crippen molar-refractivity contribution < 1.29 is 9.59 Å². The zero-order valence-electron chi connectivity index (χ0n) is 11.9. The molecule has 0 spiro atoms. The van der Waals surface area contributed by atoms with Gasteiger partial charge >= 0.3 is 6.03 Å². The van der Waals surface area contributed by atoms with Gasteiger partial charge in [0, 0.05) is 17.5 Å². The first-order chi connectivity index (χ1) is 9.65. The Morgan fingerprint density at radius 3 is 2.65 bits per heavy atom. The van der Waals surface area contributed by atoms with E-state index in [0.717, 1.165) is 29.0 Å². The summed E-state index contributed by atoms with van der Waals surface area (Å²) in [5.41, 5.74) is 0. The lowest BCUT2D eigenvalue weighted by atomic mass is 9.96. The Balaban J connectivity index is 1.66. The van der Waals surface area contributed by atoms with Gasteiger partial charge in [0.1, 0.15) is 0 Å². The molecule has 1 fully saturated rings. The van der Waals surface area contributed by atoms with E-state index >= 15 is 0 Å². The quantitative estimate of drug-likeness (QED) is 0.820. The minimum atomic E-state index is -0.0692. The van der Waals surface area contributed by atoms with Gasteiger partial charge in [0.15, 0.2) is 5.78 Å². The first-order valence-electron chi connectivity index (χ1n) is 7.29. The maximum Gasteiger partial charge on any atom is 0.315 e. The lowest BCUT2D eigenvalue weighted by molar-refractivity contribution is 0.102. The summed E-state index contributed by atoms with van der Waals surface area (Å²) < 4.78 is 0. The average Bonchev–Trinajstić information content (AvgIpc) is 2.89. The Kier molecular flexibility index (Phi) is 5.59. The van der Waals surface area contributed by atoms with Gasteiger partial charge in [-0.1, -0.05) is 19.3 Å². The van der Waals surface area contributed by atoms with Crippen LogP contribution in [0.3, 0.4) is 0 Å². The highest BCUT2D eigenvalue weighted by atomic mass is 32.1. The van der Waals surface area contributed by atoms with Gasteiger partial charge in [-0.15, -0.1) is 11.3 Å². The molecule has 1 heterocycles. The normalized spacial score (nSPS) is 15.8. The van der Waals surface area contributed by atoms with Crippen molar-refractivity contribution in [3.63, 3.8) is 0 Å². The molecule has 5 heteroatoms. The molecule has 4 nitrogen and oxygen atoms in total. The molecule has 1 aliphatic rings. The van der Waals surface area contributed by atoms with Crippen molar-refractivity contribution >= 4 is 23.2 Å². The maximum atomic E-state index is 11.7. The van der Waals surface area contributed by atoms with Crippen LogP contribution >= 0.6 is 11.3 Å². The third kappa shape index (κ3) is 4.63. The number of carbonyl (C=O) groups is 2. The van der Waals surface area contributed by atoms with E-state index in [1.165, 1.54) is 30.6 Å². The topological polar surface area (TPSA) is 58.2 Å². The summed E-state index contributed by atoms with van der Waals surface area (Å²) >= 11 is 1.51. The van der Waals surface area contributed by atoms with Gasteiger partial charge in [-0.3, -0.25) is 4.79 Å². The van der Waals surface area contributed by atoms with Crippen molar-refractivity contribution in [3.8, 4) is 0 Å². The largest absolute Gasteiger partial charge is 0.338 e. The highest BCUT2D eigenvalue weighted by molar-refractivity contribution is 7.14. The van der Waals surface area contributed by atoms with Crippen LogP contribution in [0.4, 0.5) is 4.79 Å². The molecule has 0 saturated heterocycles. The predicted octanol–water partition coefficient (Wildman–Crippen LogP) is 3.13. The lowest BCUT2D eigenvalue weighted by Gasteiger charge is -2.22. The molecule has 20 heavy (non-hydrogen) atoms. The van der Waals surface area contributed by atoms with Crippen molar-refractivity contribution in [3.05, 3.63) is 21.9 Å². The molecule has 2 amide bonds. The Morgan fingerprint density at radius 2 is 2.00 bits per heavy atom. The zero-order valence-corrected chi connectivity index (χ0v) is 12.7. The van der Waals surface area contributed by atoms with Crippen LogP contribution in [0.2, 0.25) is 0 Å². The van der Waals surface area contributed by atoms with Crippen molar-refractivity contribution in [2.45, 2.75) is 51.5 Å². The molecule has 2 N–H and O–H groups in total. The SMILES string of the molecule is CC(=O)c1ccc(CCNC(=O)NC2CCCCC2)s1. The molecule has 0 aromatic carbocycles. The third-order valence-electron chi connectivity index (χ3n) is 3.61. The fraction of sp³-hybridized carbons (Fsp3) is 0.600. The van der Waals surface area contributed by atoms with Crippen LogP contribution in [0, 0.1) is 0 Å². The van der Waals surface area contributed by atoms with E-state index in [1.54, 1.807) is 6.92 Å². The monoisotopic (exact) mass is 294 g/mol. The summed E-state index contributed by atoms with van der Waals surface area (Å²) in [7, 11) is 0. The number of ketones is 1. The van der Waals surface area contributed by atoms with Gasteiger partial charge in [0.2, 0.25) is 0 Å². The van der Waals surface area contributed by atoms with E-state index in [0.29, 0.717) is 12.6 Å². The number of nitrogens with one attached hydrogen (secondary N) is 2. The van der Waals surface area contributed by atoms with Gasteiger partial charge < -0.3 is 10.6 Å². The van der Waals surface area contributed by atoms with E-state index in [9.17, 15) is 9.59 Å². The Labute approximate surface area is 124 Å². The summed E-state index contributed by atoms with van der Waals surface area (Å²) in [6.07, 6.45) is 6.69. The van der Waals surface area contributed by atoms with E-state index in [-0.39, 0.29) is 11.8 Å². The molecule has 110 valence electrons. The van der Waals surface area contributed by atoms with Crippen LogP contribution in [0.1, 0.15) is 53.6 Å². The van der Waals surface area contributed by atoms with Crippen molar-refractivity contribution in [1.82, 2.24) is 10.6 Å². The molecule has 0 radical (unpaired) electrons. The second-order valence-corrected chi connectivity index (χ2v) is 6.48. The summed E-state index contributed by atoms with van der Waals surface area (Å²) in [6, 6.07) is 4.09. The molecular formula is C15H22N2O2S. The predicted molar refractivity (Wildman–Crippen MR) is 81.4 cm³/mol. The van der Waals surface area contributed by atoms with Gasteiger partial charge in [0.05, 0.1) is 4.88 Å². The first-order valence-corrected chi connectivity index (χ1v) is 8.11. The maximum absolute atomic E-state index is 11.7. The number of hydrogen-bond acceptors (Lipinski definition) is 3. The van der Waals surface area contributed by atoms with Crippen molar-refractivity contribution in [2.75, 3.05) is 6.54 Å². The van der Waals surface area contributed by atoms with Gasteiger partial charge in [-0.2, -0.15) is 0 Å². The third-order valence-corrected chi connectivity index (χ3v) is 4.85. The van der Waals surface area contributed by atoms with Crippen LogP contribution in [0.15, 0.2) is 12.1 Å². The van der Waals surface area contributed by atoms with Crippen LogP contribution in [-0.4, -0.2) is 24.4 Å². The molecule has 0 unspecified atom stereocenters. The summed E-state index contributed by atoms with van der Waals surface area (Å²) in [4.78, 5) is 24.9. The van der Waals surface area contributed by atoms with Gasteiger partial charge in [-0.05, 0) is 38.3 Å². The summed E-state index contributed by atoms with van der Waals surface area (Å²) in [6.45, 7) is 2.18. The zero-order chi connectivity index (χ0) is 14.4. The number of hydrogen-bond donors (Lipinski definition) is 2. The van der Waals surface area contributed by atoms with Gasteiger partial charge in [0.25, 0.3) is 0 Å². The second-order valence-electron chi connectivity index (χ2n) is 5.31. The standard InChI is InChI=1S/C15H22N2O2S/c1-11(18)14-8-7-13(20-14)9-10-16-15(19)17-12-5-3-2-4-6-12/h7-8,12H,2-6,9-10H2,1H3,(H2,16,17,19). The molecule has 0 bridgehead atoms. The molecule has 1 saturated carbocycles. The molecule has 1 aromatic rings. The Bertz CT molecular complexity index is 464. The molecular weight excluding hydrogens is 272 g/mol. The lowest BCUT2D eigenvalue weighted by Crippen LogP contribution is -2.43. The van der Waals surface area contributed by atoms with Crippen molar-refractivity contribution in [1.29, 1.82) is 0 Å². The second kappa shape index (κ2) is 7.43. The number of urea groups is 1. The van der Waals surface area contributed by atoms with Crippen LogP contribution in [-0.2, 0) is 6.42 Å². The average molecular weight is 294 g/mol. The molecule has 1 aromatic heterocycles. The van der Waals surface area contributed by atoms with E-state index in [4.69, 9.17) is 0 Å². The smallest absolute Gasteiger partial charge is 0.315 e. The van der Waals surface area contributed by atoms with E-state index in [1.807, 2.05) is 12.1 Å². The molecule has 0 atom stereocenters.